The summed E-state index contributed by atoms with van der Waals surface area (Å²) in [4.78, 5) is 0. The van der Waals surface area contributed by atoms with Crippen LogP contribution in [0.25, 0.3) is 0 Å². The summed E-state index contributed by atoms with van der Waals surface area (Å²) in [5, 5.41) is 0. The van der Waals surface area contributed by atoms with Crippen molar-refractivity contribution in [2.75, 3.05) is 11.5 Å². The van der Waals surface area contributed by atoms with Gasteiger partial charge in [0, 0.05) is 65.4 Å². The molecule has 0 aromatic heterocycles. The van der Waals surface area contributed by atoms with E-state index in [4.69, 9.17) is 0 Å². The molecule has 0 amide bonds. The topological polar surface area (TPSA) is 0 Å². The molecular weight excluding hydrogens is 282 g/mol. The van der Waals surface area contributed by atoms with Gasteiger partial charge < -0.3 is 28.7 Å². The fourth-order valence-electron chi connectivity index (χ4n) is 0.102. The van der Waals surface area contributed by atoms with E-state index in [1.165, 1.54) is 0 Å². The van der Waals surface area contributed by atoms with Crippen LogP contribution in [0.5, 0.6) is 0 Å². The van der Waals surface area contributed by atoms with E-state index >= 15 is 0 Å². The molecule has 0 heterocycles. The standard InChI is InChI=1S/C4H8S.2CH3.2Y/c1-3-5-4-2;;;;/h1-4H2;2*1H3;;/q-2;2*-1;;. The van der Waals surface area contributed by atoms with E-state index in [2.05, 4.69) is 13.8 Å². The van der Waals surface area contributed by atoms with Crippen molar-refractivity contribution in [1.29, 1.82) is 0 Å². The number of rotatable bonds is 2. The molecule has 0 bridgehead atoms. The summed E-state index contributed by atoms with van der Waals surface area (Å²) in [6.45, 7) is 7.20. The molecular formula is C6H14SY2-4. The van der Waals surface area contributed by atoms with Crippen molar-refractivity contribution < 1.29 is 65.4 Å². The first-order valence-electron chi connectivity index (χ1n) is 1.58. The molecule has 0 fully saturated rings. The van der Waals surface area contributed by atoms with Gasteiger partial charge in [0.25, 0.3) is 0 Å². The van der Waals surface area contributed by atoms with E-state index in [1.807, 2.05) is 0 Å². The average molecular weight is 296 g/mol. The second kappa shape index (κ2) is 31.2. The third kappa shape index (κ3) is 37.2. The predicted octanol–water partition coefficient (Wildman–Crippen LogP) is 2.28. The van der Waals surface area contributed by atoms with E-state index in [1.54, 1.807) is 11.8 Å². The van der Waals surface area contributed by atoms with Gasteiger partial charge in [0.2, 0.25) is 0 Å². The molecule has 0 aliphatic heterocycles. The molecule has 0 aromatic rings. The maximum atomic E-state index is 3.60. The molecule has 0 saturated carbocycles. The van der Waals surface area contributed by atoms with Crippen LogP contribution in [0.4, 0.5) is 0 Å². The van der Waals surface area contributed by atoms with Crippen molar-refractivity contribution in [3.63, 3.8) is 0 Å². The van der Waals surface area contributed by atoms with Crippen LogP contribution in [0, 0.1) is 28.7 Å². The molecule has 9 heavy (non-hydrogen) atoms. The first-order chi connectivity index (χ1) is 2.41. The van der Waals surface area contributed by atoms with Crippen molar-refractivity contribution in [1.82, 2.24) is 0 Å². The predicted molar refractivity (Wildman–Crippen MR) is 40.9 cm³/mol. The minimum Gasteiger partial charge on any atom is -0.358 e. The Morgan fingerprint density at radius 3 is 1.11 bits per heavy atom. The zero-order valence-corrected chi connectivity index (χ0v) is 12.9. The van der Waals surface area contributed by atoms with Gasteiger partial charge in [0.05, 0.1) is 0 Å². The van der Waals surface area contributed by atoms with E-state index in [0.717, 1.165) is 11.5 Å². The van der Waals surface area contributed by atoms with Crippen molar-refractivity contribution >= 4 is 11.8 Å². The molecule has 0 unspecified atom stereocenters. The minimum atomic E-state index is 0. The first-order valence-corrected chi connectivity index (χ1v) is 2.73. The van der Waals surface area contributed by atoms with Crippen molar-refractivity contribution in [3.05, 3.63) is 28.7 Å². The maximum absolute atomic E-state index is 3.60. The van der Waals surface area contributed by atoms with Crippen molar-refractivity contribution in [3.8, 4) is 0 Å². The molecule has 3 heteroatoms. The molecule has 0 aliphatic rings. The summed E-state index contributed by atoms with van der Waals surface area (Å²) in [6.07, 6.45) is 0. The Kier molecular flexibility index (Phi) is 104. The summed E-state index contributed by atoms with van der Waals surface area (Å²) in [7, 11) is 0. The van der Waals surface area contributed by atoms with Gasteiger partial charge in [0.1, 0.15) is 0 Å². The average Bonchev–Trinajstić information content (AvgIpc) is 1.41. The fraction of sp³-hybridized carbons (Fsp3) is 0.333. The summed E-state index contributed by atoms with van der Waals surface area (Å²) in [6, 6.07) is 0. The van der Waals surface area contributed by atoms with Gasteiger partial charge in [-0.05, 0) is 0 Å². The zero-order valence-electron chi connectivity index (χ0n) is 6.39. The Balaban J connectivity index is -0.0000000133. The van der Waals surface area contributed by atoms with Crippen LogP contribution in [0.15, 0.2) is 0 Å². The van der Waals surface area contributed by atoms with Crippen LogP contribution >= 0.6 is 11.8 Å². The van der Waals surface area contributed by atoms with Gasteiger partial charge in [0.15, 0.2) is 0 Å². The molecule has 0 N–H and O–H groups in total. The van der Waals surface area contributed by atoms with Gasteiger partial charge >= 0.3 is 0 Å². The zero-order chi connectivity index (χ0) is 4.12. The van der Waals surface area contributed by atoms with Gasteiger partial charge in [-0.1, -0.05) is 0 Å². The third-order valence-electron chi connectivity index (χ3n) is 0.289. The Morgan fingerprint density at radius 2 is 1.11 bits per heavy atom. The van der Waals surface area contributed by atoms with Crippen LogP contribution in [-0.2, 0) is 65.4 Å². The smallest absolute Gasteiger partial charge is 0 e. The Bertz CT molecular complexity index is 18.5. The maximum Gasteiger partial charge on any atom is 0 e. The van der Waals surface area contributed by atoms with E-state index < -0.39 is 0 Å². The summed E-state index contributed by atoms with van der Waals surface area (Å²) >= 11 is 1.74. The van der Waals surface area contributed by atoms with E-state index in [-0.39, 0.29) is 80.3 Å². The molecule has 0 aliphatic carbocycles. The Labute approximate surface area is 115 Å². The van der Waals surface area contributed by atoms with Gasteiger partial charge in [-0.25, -0.2) is 11.8 Å². The monoisotopic (exact) mass is 296 g/mol. The molecule has 54 valence electrons. The van der Waals surface area contributed by atoms with Crippen LogP contribution in [0.3, 0.4) is 0 Å². The largest absolute Gasteiger partial charge is 0.358 e. The molecule has 2 radical (unpaired) electrons. The first kappa shape index (κ1) is 30.0. The summed E-state index contributed by atoms with van der Waals surface area (Å²) < 4.78 is 0. The molecule has 0 nitrogen and oxygen atoms in total. The van der Waals surface area contributed by atoms with Crippen molar-refractivity contribution in [2.45, 2.75) is 0 Å². The third-order valence-corrected chi connectivity index (χ3v) is 0.866. The SMILES string of the molecule is [CH2-]CSC[CH2-].[CH3-].[CH3-].[Y].[Y]. The second-order valence-electron chi connectivity index (χ2n) is 0.612. The van der Waals surface area contributed by atoms with Crippen LogP contribution in [0.2, 0.25) is 0 Å². The molecule has 0 aromatic carbocycles. The Morgan fingerprint density at radius 1 is 0.889 bits per heavy atom. The summed E-state index contributed by atoms with van der Waals surface area (Å²) in [5.41, 5.74) is 0. The van der Waals surface area contributed by atoms with Crippen LogP contribution < -0.4 is 0 Å². The van der Waals surface area contributed by atoms with Gasteiger partial charge in [-0.2, -0.15) is 0 Å². The fourth-order valence-corrected chi connectivity index (χ4v) is 0.306. The van der Waals surface area contributed by atoms with E-state index in [9.17, 15) is 0 Å². The Hall–Kier alpha value is 2.56. The van der Waals surface area contributed by atoms with Crippen LogP contribution in [-0.4, -0.2) is 11.5 Å². The van der Waals surface area contributed by atoms with E-state index in [0.29, 0.717) is 0 Å². The molecule has 0 spiro atoms. The molecule has 0 saturated heterocycles. The number of hydrogen-bond donors (Lipinski definition) is 0. The molecule has 0 atom stereocenters. The second-order valence-corrected chi connectivity index (χ2v) is 1.84. The molecule has 0 rings (SSSR count). The number of hydrogen-bond acceptors (Lipinski definition) is 1. The van der Waals surface area contributed by atoms with Gasteiger partial charge in [-0.3, -0.25) is 0 Å². The van der Waals surface area contributed by atoms with Crippen molar-refractivity contribution in [2.24, 2.45) is 0 Å². The minimum absolute atomic E-state index is 0. The number of thioether (sulfide) groups is 1. The summed E-state index contributed by atoms with van der Waals surface area (Å²) in [5.74, 6) is 1.90. The van der Waals surface area contributed by atoms with Crippen LogP contribution in [0.1, 0.15) is 0 Å². The van der Waals surface area contributed by atoms with Gasteiger partial charge in [-0.15, -0.1) is 11.5 Å². The quantitative estimate of drug-likeness (QED) is 0.705. The normalized spacial score (nSPS) is 4.67.